The van der Waals surface area contributed by atoms with Gasteiger partial charge in [-0.3, -0.25) is 0 Å². The molecule has 86 valence electrons. The van der Waals surface area contributed by atoms with E-state index < -0.39 is 0 Å². The van der Waals surface area contributed by atoms with E-state index in [4.69, 9.17) is 11.0 Å². The highest BCUT2D eigenvalue weighted by Gasteiger charge is 2.09. The van der Waals surface area contributed by atoms with Gasteiger partial charge in [-0.15, -0.1) is 0 Å². The number of hydrogen-bond donors (Lipinski definition) is 2. The van der Waals surface area contributed by atoms with Crippen LogP contribution in [-0.4, -0.2) is 11.5 Å². The van der Waals surface area contributed by atoms with Crippen molar-refractivity contribution in [2.45, 2.75) is 20.8 Å². The molecule has 0 aliphatic rings. The topological polar surface area (TPSA) is 74.7 Å². The van der Waals surface area contributed by atoms with Crippen LogP contribution in [0.2, 0.25) is 0 Å². The highest BCUT2D eigenvalue weighted by Crippen LogP contribution is 2.16. The molecule has 1 unspecified atom stereocenters. The number of nitrogens with two attached hydrogens (primary N) is 1. The first kappa shape index (κ1) is 12.3. The Kier molecular flexibility index (Phi) is 4.12. The summed E-state index contributed by atoms with van der Waals surface area (Å²) in [5.41, 5.74) is 6.58. The van der Waals surface area contributed by atoms with Crippen molar-refractivity contribution in [3.63, 3.8) is 0 Å². The first-order chi connectivity index (χ1) is 7.54. The highest BCUT2D eigenvalue weighted by molar-refractivity contribution is 5.57. The number of nitrogens with zero attached hydrogens (tertiary/aromatic N) is 2. The Bertz CT molecular complexity index is 392. The second kappa shape index (κ2) is 5.36. The zero-order valence-corrected chi connectivity index (χ0v) is 9.99. The minimum absolute atomic E-state index is 0.496. The maximum atomic E-state index is 8.93. The van der Waals surface area contributed by atoms with Gasteiger partial charge in [-0.2, -0.15) is 5.26 Å². The monoisotopic (exact) mass is 218 g/mol. The molecule has 0 spiro atoms. The van der Waals surface area contributed by atoms with Gasteiger partial charge in [-0.05, 0) is 17.9 Å². The van der Waals surface area contributed by atoms with Crippen LogP contribution in [-0.2, 0) is 0 Å². The third-order valence-corrected chi connectivity index (χ3v) is 2.76. The lowest BCUT2D eigenvalue weighted by Gasteiger charge is -2.16. The van der Waals surface area contributed by atoms with Gasteiger partial charge in [0.2, 0.25) is 0 Å². The molecular weight excluding hydrogens is 200 g/mol. The Morgan fingerprint density at radius 1 is 1.50 bits per heavy atom. The Labute approximate surface area is 96.5 Å². The van der Waals surface area contributed by atoms with E-state index >= 15 is 0 Å². The van der Waals surface area contributed by atoms with E-state index in [0.717, 1.165) is 6.54 Å². The van der Waals surface area contributed by atoms with Crippen LogP contribution in [0.5, 0.6) is 0 Å². The summed E-state index contributed by atoms with van der Waals surface area (Å²) in [6, 6.07) is 3.72. The minimum atomic E-state index is 0.496. The van der Waals surface area contributed by atoms with Crippen molar-refractivity contribution in [1.82, 2.24) is 4.98 Å². The maximum absolute atomic E-state index is 8.93. The lowest BCUT2D eigenvalue weighted by molar-refractivity contribution is 0.439. The van der Waals surface area contributed by atoms with E-state index in [9.17, 15) is 0 Å². The average molecular weight is 218 g/mol. The Morgan fingerprint density at radius 3 is 2.75 bits per heavy atom. The second-order valence-electron chi connectivity index (χ2n) is 4.38. The number of nitrogens with one attached hydrogen (secondary N) is 1. The molecule has 0 saturated carbocycles. The summed E-state index contributed by atoms with van der Waals surface area (Å²) in [4.78, 5) is 4.12. The number of pyridine rings is 1. The molecule has 1 rings (SSSR count). The van der Waals surface area contributed by atoms with Gasteiger partial charge in [-0.25, -0.2) is 4.98 Å². The molecule has 3 N–H and O–H groups in total. The molecule has 0 aliphatic carbocycles. The molecule has 0 fully saturated rings. The standard InChI is InChI=1S/C12H18N4/c1-8(2)9(3)6-15-12-10(5-13)4-11(14)7-16-12/h4,7-9H,6,14H2,1-3H3,(H,15,16). The second-order valence-corrected chi connectivity index (χ2v) is 4.38. The molecule has 1 atom stereocenters. The number of rotatable bonds is 4. The van der Waals surface area contributed by atoms with E-state index in [-0.39, 0.29) is 0 Å². The largest absolute Gasteiger partial charge is 0.397 e. The predicted molar refractivity (Wildman–Crippen MR) is 65.9 cm³/mol. The summed E-state index contributed by atoms with van der Waals surface area (Å²) in [6.45, 7) is 7.33. The number of hydrogen-bond acceptors (Lipinski definition) is 4. The summed E-state index contributed by atoms with van der Waals surface area (Å²) < 4.78 is 0. The fraction of sp³-hybridized carbons (Fsp3) is 0.500. The highest BCUT2D eigenvalue weighted by atomic mass is 15.0. The molecule has 0 amide bonds. The zero-order valence-electron chi connectivity index (χ0n) is 9.99. The first-order valence-electron chi connectivity index (χ1n) is 5.44. The van der Waals surface area contributed by atoms with Gasteiger partial charge in [0, 0.05) is 6.54 Å². The van der Waals surface area contributed by atoms with Crippen molar-refractivity contribution in [2.24, 2.45) is 11.8 Å². The molecule has 0 aliphatic heterocycles. The smallest absolute Gasteiger partial charge is 0.144 e. The Balaban J connectivity index is 2.71. The molecule has 1 aromatic rings. The van der Waals surface area contributed by atoms with E-state index in [1.807, 2.05) is 0 Å². The van der Waals surface area contributed by atoms with Crippen LogP contribution < -0.4 is 11.1 Å². The van der Waals surface area contributed by atoms with Crippen molar-refractivity contribution in [3.8, 4) is 6.07 Å². The minimum Gasteiger partial charge on any atom is -0.397 e. The van der Waals surface area contributed by atoms with Crippen LogP contribution in [0.15, 0.2) is 12.3 Å². The molecular formula is C12H18N4. The third kappa shape index (κ3) is 3.13. The van der Waals surface area contributed by atoms with Crippen LogP contribution in [0.4, 0.5) is 11.5 Å². The molecule has 1 aromatic heterocycles. The van der Waals surface area contributed by atoms with Gasteiger partial charge in [0.1, 0.15) is 11.9 Å². The Hall–Kier alpha value is -1.76. The molecule has 0 bridgehead atoms. The summed E-state index contributed by atoms with van der Waals surface area (Å²) in [5, 5.41) is 12.1. The molecule has 0 radical (unpaired) electrons. The van der Waals surface area contributed by atoms with Crippen LogP contribution in [0.25, 0.3) is 0 Å². The molecule has 16 heavy (non-hydrogen) atoms. The van der Waals surface area contributed by atoms with E-state index in [1.165, 1.54) is 0 Å². The normalized spacial score (nSPS) is 12.2. The number of aromatic nitrogens is 1. The molecule has 4 heteroatoms. The van der Waals surface area contributed by atoms with E-state index in [0.29, 0.717) is 28.9 Å². The Morgan fingerprint density at radius 2 is 2.19 bits per heavy atom. The van der Waals surface area contributed by atoms with Crippen molar-refractivity contribution >= 4 is 11.5 Å². The van der Waals surface area contributed by atoms with Crippen molar-refractivity contribution in [3.05, 3.63) is 17.8 Å². The van der Waals surface area contributed by atoms with E-state index in [2.05, 4.69) is 37.1 Å². The van der Waals surface area contributed by atoms with Crippen molar-refractivity contribution < 1.29 is 0 Å². The van der Waals surface area contributed by atoms with Crippen LogP contribution in [0.1, 0.15) is 26.3 Å². The summed E-state index contributed by atoms with van der Waals surface area (Å²) in [5.74, 6) is 1.75. The van der Waals surface area contributed by atoms with Gasteiger partial charge < -0.3 is 11.1 Å². The van der Waals surface area contributed by atoms with Gasteiger partial charge in [0.15, 0.2) is 0 Å². The van der Waals surface area contributed by atoms with Gasteiger partial charge in [0.05, 0.1) is 17.4 Å². The fourth-order valence-corrected chi connectivity index (χ4v) is 1.20. The summed E-state index contributed by atoms with van der Waals surface area (Å²) >= 11 is 0. The SMILES string of the molecule is CC(C)C(C)CNc1ncc(N)cc1C#N. The van der Waals surface area contributed by atoms with Crippen molar-refractivity contribution in [2.75, 3.05) is 17.6 Å². The maximum Gasteiger partial charge on any atom is 0.144 e. The summed E-state index contributed by atoms with van der Waals surface area (Å²) in [7, 11) is 0. The third-order valence-electron chi connectivity index (χ3n) is 2.76. The molecule has 4 nitrogen and oxygen atoms in total. The lowest BCUT2D eigenvalue weighted by Crippen LogP contribution is -2.17. The average Bonchev–Trinajstić information content (AvgIpc) is 2.26. The number of nitriles is 1. The quantitative estimate of drug-likeness (QED) is 0.812. The van der Waals surface area contributed by atoms with Gasteiger partial charge >= 0.3 is 0 Å². The van der Waals surface area contributed by atoms with E-state index in [1.54, 1.807) is 12.3 Å². The van der Waals surface area contributed by atoms with Crippen LogP contribution >= 0.6 is 0 Å². The van der Waals surface area contributed by atoms with Crippen LogP contribution in [0.3, 0.4) is 0 Å². The van der Waals surface area contributed by atoms with Crippen LogP contribution in [0, 0.1) is 23.2 Å². The molecule has 0 saturated heterocycles. The lowest BCUT2D eigenvalue weighted by atomic mass is 9.98. The number of anilines is 2. The number of nitrogen functional groups attached to an aromatic ring is 1. The van der Waals surface area contributed by atoms with Gasteiger partial charge in [0.25, 0.3) is 0 Å². The molecule has 1 heterocycles. The van der Waals surface area contributed by atoms with Crippen molar-refractivity contribution in [1.29, 1.82) is 5.26 Å². The van der Waals surface area contributed by atoms with Gasteiger partial charge in [-0.1, -0.05) is 20.8 Å². The first-order valence-corrected chi connectivity index (χ1v) is 5.44. The zero-order chi connectivity index (χ0) is 12.1. The summed E-state index contributed by atoms with van der Waals surface area (Å²) in [6.07, 6.45) is 1.56. The molecule has 0 aromatic carbocycles. The predicted octanol–water partition coefficient (Wildman–Crippen LogP) is 2.24. The fourth-order valence-electron chi connectivity index (χ4n) is 1.20.